The van der Waals surface area contributed by atoms with Crippen LogP contribution in [-0.2, 0) is 0 Å². The van der Waals surface area contributed by atoms with Gasteiger partial charge in [-0.25, -0.2) is 4.98 Å². The third-order valence-electron chi connectivity index (χ3n) is 5.84. The lowest BCUT2D eigenvalue weighted by Crippen LogP contribution is -2.18. The predicted molar refractivity (Wildman–Crippen MR) is 153 cm³/mol. The molecule has 0 fully saturated rings. The summed E-state index contributed by atoms with van der Waals surface area (Å²) in [5, 5.41) is 18.5. The van der Waals surface area contributed by atoms with Gasteiger partial charge < -0.3 is 15.5 Å². The number of hydrogen-bond acceptors (Lipinski definition) is 8. The summed E-state index contributed by atoms with van der Waals surface area (Å²) in [6.45, 7) is 11.1. The van der Waals surface area contributed by atoms with Gasteiger partial charge in [0, 0.05) is 46.8 Å². The molecule has 0 aliphatic heterocycles. The lowest BCUT2D eigenvalue weighted by atomic mass is 10.1. The van der Waals surface area contributed by atoms with E-state index in [1.807, 2.05) is 38.4 Å². The predicted octanol–water partition coefficient (Wildman–Crippen LogP) is 6.02. The molecule has 0 saturated carbocycles. The number of thiophene rings is 1. The minimum absolute atomic E-state index is 0.648. The van der Waals surface area contributed by atoms with Gasteiger partial charge >= 0.3 is 0 Å². The molecule has 0 atom stereocenters. The Kier molecular flexibility index (Phi) is 6.80. The van der Waals surface area contributed by atoms with Crippen molar-refractivity contribution in [2.24, 2.45) is 0 Å². The van der Waals surface area contributed by atoms with Crippen molar-refractivity contribution in [3.8, 4) is 22.5 Å². The highest BCUT2D eigenvalue weighted by molar-refractivity contribution is 7.08. The number of nitrogens with one attached hydrogen (secondary N) is 3. The smallest absolute Gasteiger partial charge is 0.134 e. The summed E-state index contributed by atoms with van der Waals surface area (Å²) in [6.07, 6.45) is 5.38. The van der Waals surface area contributed by atoms with Crippen LogP contribution in [0, 0.1) is 6.92 Å². The summed E-state index contributed by atoms with van der Waals surface area (Å²) in [7, 11) is 4.01. The molecule has 37 heavy (non-hydrogen) atoms. The highest BCUT2D eigenvalue weighted by Crippen LogP contribution is 2.31. The van der Waals surface area contributed by atoms with Crippen molar-refractivity contribution in [3.05, 3.63) is 89.8 Å². The molecule has 0 unspecified atom stereocenters. The number of anilines is 2. The zero-order valence-electron chi connectivity index (χ0n) is 21.0. The second-order valence-corrected chi connectivity index (χ2v) is 9.82. The molecular formula is C28H28N8S. The summed E-state index contributed by atoms with van der Waals surface area (Å²) in [4.78, 5) is 15.9. The molecule has 8 nitrogen and oxygen atoms in total. The fourth-order valence-electron chi connectivity index (χ4n) is 4.13. The molecule has 5 rings (SSSR count). The quantitative estimate of drug-likeness (QED) is 0.224. The molecule has 0 aromatic carbocycles. The van der Waals surface area contributed by atoms with E-state index >= 15 is 0 Å². The average Bonchev–Trinajstić information content (AvgIpc) is 3.55. The number of likely N-dealkylation sites (N-methyl/N-ethyl adjacent to an activating group) is 1. The fourth-order valence-corrected chi connectivity index (χ4v) is 4.77. The maximum atomic E-state index is 4.91. The standard InChI is InChI=1S/C28H28N8S/c1-17(15-36(4)5)31-22-12-21(13-29-14-22)24-6-7-25-28(33-24)27(35-34-25)19(3)32-23-8-10-30-26(18(23)2)20-9-11-37-16-20/h6-14,16,31H,1,3,15H2,2,4-5H3,(H,30,32)(H,34,35). The van der Waals surface area contributed by atoms with Gasteiger partial charge in [-0.2, -0.15) is 16.4 Å². The first-order valence-electron chi connectivity index (χ1n) is 11.7. The number of pyridine rings is 3. The lowest BCUT2D eigenvalue weighted by Gasteiger charge is -2.14. The highest BCUT2D eigenvalue weighted by Gasteiger charge is 2.15. The Bertz CT molecular complexity index is 1580. The van der Waals surface area contributed by atoms with Gasteiger partial charge in [-0.05, 0) is 62.3 Å². The number of H-pyrrole nitrogens is 1. The van der Waals surface area contributed by atoms with E-state index in [0.29, 0.717) is 11.4 Å². The highest BCUT2D eigenvalue weighted by atomic mass is 32.1. The average molecular weight is 509 g/mol. The molecule has 0 aliphatic carbocycles. The van der Waals surface area contributed by atoms with E-state index in [1.165, 1.54) is 0 Å². The minimum Gasteiger partial charge on any atom is -0.357 e. The molecular weight excluding hydrogens is 480 g/mol. The topological polar surface area (TPSA) is 94.7 Å². The van der Waals surface area contributed by atoms with E-state index < -0.39 is 0 Å². The maximum absolute atomic E-state index is 4.91. The van der Waals surface area contributed by atoms with E-state index in [0.717, 1.165) is 62.7 Å². The Balaban J connectivity index is 1.41. The maximum Gasteiger partial charge on any atom is 0.134 e. The molecule has 186 valence electrons. The van der Waals surface area contributed by atoms with Gasteiger partial charge in [0.15, 0.2) is 0 Å². The number of rotatable bonds is 9. The summed E-state index contributed by atoms with van der Waals surface area (Å²) in [6, 6.07) is 9.96. The SMILES string of the molecule is C=C(CN(C)C)Nc1cncc(-c2ccc3[nH]nc(C(=C)Nc4ccnc(-c5ccsc5)c4C)c3n2)c1. The van der Waals surface area contributed by atoms with Crippen LogP contribution in [0.2, 0.25) is 0 Å². The number of nitrogens with zero attached hydrogens (tertiary/aromatic N) is 5. The molecule has 0 spiro atoms. The monoisotopic (exact) mass is 508 g/mol. The van der Waals surface area contributed by atoms with Crippen LogP contribution in [-0.4, -0.2) is 50.7 Å². The molecule has 9 heteroatoms. The van der Waals surface area contributed by atoms with E-state index in [2.05, 4.69) is 72.6 Å². The third kappa shape index (κ3) is 5.28. The van der Waals surface area contributed by atoms with Crippen LogP contribution in [0.3, 0.4) is 0 Å². The molecule has 0 radical (unpaired) electrons. The largest absolute Gasteiger partial charge is 0.357 e. The van der Waals surface area contributed by atoms with Gasteiger partial charge in [-0.15, -0.1) is 0 Å². The molecule has 5 aromatic rings. The van der Waals surface area contributed by atoms with Crippen molar-refractivity contribution in [1.82, 2.24) is 30.0 Å². The summed E-state index contributed by atoms with van der Waals surface area (Å²) in [5.41, 5.74) is 10.3. The zero-order valence-corrected chi connectivity index (χ0v) is 21.9. The summed E-state index contributed by atoms with van der Waals surface area (Å²) < 4.78 is 0. The van der Waals surface area contributed by atoms with Crippen molar-refractivity contribution in [2.75, 3.05) is 31.3 Å². The van der Waals surface area contributed by atoms with Gasteiger partial charge in [0.2, 0.25) is 0 Å². The Morgan fingerprint density at radius 3 is 2.73 bits per heavy atom. The minimum atomic E-state index is 0.648. The van der Waals surface area contributed by atoms with Gasteiger partial charge in [-0.3, -0.25) is 15.1 Å². The third-order valence-corrected chi connectivity index (χ3v) is 6.52. The second-order valence-electron chi connectivity index (χ2n) is 9.04. The van der Waals surface area contributed by atoms with Gasteiger partial charge in [0.25, 0.3) is 0 Å². The van der Waals surface area contributed by atoms with E-state index in [-0.39, 0.29) is 0 Å². The summed E-state index contributed by atoms with van der Waals surface area (Å²) >= 11 is 1.65. The van der Waals surface area contributed by atoms with Crippen LogP contribution >= 0.6 is 11.3 Å². The first kappa shape index (κ1) is 24.4. The summed E-state index contributed by atoms with van der Waals surface area (Å²) in [5.74, 6) is 0. The van der Waals surface area contributed by atoms with E-state index in [1.54, 1.807) is 29.9 Å². The lowest BCUT2D eigenvalue weighted by molar-refractivity contribution is 0.447. The van der Waals surface area contributed by atoms with Crippen molar-refractivity contribution >= 4 is 39.4 Å². The van der Waals surface area contributed by atoms with Gasteiger partial charge in [0.05, 0.1) is 34.5 Å². The van der Waals surface area contributed by atoms with Crippen LogP contribution in [0.25, 0.3) is 39.2 Å². The van der Waals surface area contributed by atoms with Crippen LogP contribution in [0.15, 0.2) is 78.5 Å². The fraction of sp³-hybridized carbons (Fsp3) is 0.143. The molecule has 0 aliphatic rings. The normalized spacial score (nSPS) is 11.1. The Hall–Kier alpha value is -4.34. The zero-order chi connectivity index (χ0) is 25.9. The number of aromatic amines is 1. The number of hydrogen-bond donors (Lipinski definition) is 3. The van der Waals surface area contributed by atoms with Crippen molar-refractivity contribution < 1.29 is 0 Å². The number of fused-ring (bicyclic) bond motifs is 1. The first-order chi connectivity index (χ1) is 17.9. The Labute approximate surface area is 219 Å². The Morgan fingerprint density at radius 1 is 1.08 bits per heavy atom. The Morgan fingerprint density at radius 2 is 1.95 bits per heavy atom. The van der Waals surface area contributed by atoms with E-state index in [9.17, 15) is 0 Å². The molecule has 5 aromatic heterocycles. The molecule has 5 heterocycles. The van der Waals surface area contributed by atoms with Crippen molar-refractivity contribution in [3.63, 3.8) is 0 Å². The van der Waals surface area contributed by atoms with Gasteiger partial charge in [0.1, 0.15) is 11.2 Å². The van der Waals surface area contributed by atoms with Crippen molar-refractivity contribution in [2.45, 2.75) is 6.92 Å². The van der Waals surface area contributed by atoms with Crippen molar-refractivity contribution in [1.29, 1.82) is 0 Å². The van der Waals surface area contributed by atoms with Crippen LogP contribution in [0.1, 0.15) is 11.3 Å². The van der Waals surface area contributed by atoms with Crippen LogP contribution in [0.4, 0.5) is 11.4 Å². The molecule has 0 saturated heterocycles. The second kappa shape index (κ2) is 10.3. The first-order valence-corrected chi connectivity index (χ1v) is 12.7. The molecule has 3 N–H and O–H groups in total. The molecule has 0 bridgehead atoms. The van der Waals surface area contributed by atoms with E-state index in [4.69, 9.17) is 4.98 Å². The molecule has 0 amide bonds. The van der Waals surface area contributed by atoms with Crippen LogP contribution < -0.4 is 10.6 Å². The van der Waals surface area contributed by atoms with Crippen LogP contribution in [0.5, 0.6) is 0 Å². The number of aromatic nitrogens is 5. The van der Waals surface area contributed by atoms with Gasteiger partial charge in [-0.1, -0.05) is 13.2 Å².